The standard InChI is InChI=1S/C17H20O4/c1-13-4-6-15(7-5-13)21-16-10-8-14(9-11-16)20-12-17(18-2)19-3/h4-11,17H,12H2,1-3H3. The molecule has 0 radical (unpaired) electrons. The van der Waals surface area contributed by atoms with Crippen LogP contribution in [0.2, 0.25) is 0 Å². The van der Waals surface area contributed by atoms with Crippen molar-refractivity contribution in [3.8, 4) is 17.2 Å². The topological polar surface area (TPSA) is 36.9 Å². The van der Waals surface area contributed by atoms with Crippen LogP contribution in [0.15, 0.2) is 48.5 Å². The highest BCUT2D eigenvalue weighted by atomic mass is 16.7. The van der Waals surface area contributed by atoms with Crippen molar-refractivity contribution in [2.75, 3.05) is 20.8 Å². The second-order valence-corrected chi connectivity index (χ2v) is 4.60. The quantitative estimate of drug-likeness (QED) is 0.726. The summed E-state index contributed by atoms with van der Waals surface area (Å²) >= 11 is 0. The van der Waals surface area contributed by atoms with E-state index in [0.717, 1.165) is 17.2 Å². The number of hydrogen-bond acceptors (Lipinski definition) is 4. The van der Waals surface area contributed by atoms with Crippen molar-refractivity contribution in [2.24, 2.45) is 0 Å². The van der Waals surface area contributed by atoms with Gasteiger partial charge in [-0.05, 0) is 43.3 Å². The van der Waals surface area contributed by atoms with Gasteiger partial charge in [-0.1, -0.05) is 17.7 Å². The van der Waals surface area contributed by atoms with Gasteiger partial charge in [0.15, 0.2) is 6.29 Å². The van der Waals surface area contributed by atoms with E-state index in [9.17, 15) is 0 Å². The predicted molar refractivity (Wildman–Crippen MR) is 81.0 cm³/mol. The molecular formula is C17H20O4. The maximum atomic E-state index is 5.75. The average molecular weight is 288 g/mol. The molecule has 2 aromatic rings. The van der Waals surface area contributed by atoms with Gasteiger partial charge in [0, 0.05) is 14.2 Å². The molecule has 0 aliphatic heterocycles. The number of aryl methyl sites for hydroxylation is 1. The lowest BCUT2D eigenvalue weighted by Crippen LogP contribution is -2.21. The fourth-order valence-corrected chi connectivity index (χ4v) is 1.74. The van der Waals surface area contributed by atoms with Crippen LogP contribution in [0, 0.1) is 6.92 Å². The number of methoxy groups -OCH3 is 2. The van der Waals surface area contributed by atoms with E-state index in [1.165, 1.54) is 5.56 Å². The van der Waals surface area contributed by atoms with Crippen molar-refractivity contribution >= 4 is 0 Å². The molecule has 2 aromatic carbocycles. The zero-order valence-electron chi connectivity index (χ0n) is 12.5. The molecule has 4 heteroatoms. The molecule has 0 unspecified atom stereocenters. The van der Waals surface area contributed by atoms with Crippen LogP contribution >= 0.6 is 0 Å². The molecular weight excluding hydrogens is 268 g/mol. The summed E-state index contributed by atoms with van der Waals surface area (Å²) in [5, 5.41) is 0. The summed E-state index contributed by atoms with van der Waals surface area (Å²) in [5.74, 6) is 2.32. The van der Waals surface area contributed by atoms with Crippen LogP contribution in [0.25, 0.3) is 0 Å². The Kier molecular flexibility index (Phi) is 5.60. The van der Waals surface area contributed by atoms with Crippen LogP contribution in [-0.4, -0.2) is 27.1 Å². The first-order valence-corrected chi connectivity index (χ1v) is 6.74. The number of rotatable bonds is 7. The molecule has 4 nitrogen and oxygen atoms in total. The first-order valence-electron chi connectivity index (χ1n) is 6.74. The van der Waals surface area contributed by atoms with Crippen molar-refractivity contribution in [3.63, 3.8) is 0 Å². The monoisotopic (exact) mass is 288 g/mol. The van der Waals surface area contributed by atoms with Crippen molar-refractivity contribution in [1.29, 1.82) is 0 Å². The van der Waals surface area contributed by atoms with Crippen LogP contribution in [0.5, 0.6) is 17.2 Å². The number of ether oxygens (including phenoxy) is 4. The van der Waals surface area contributed by atoms with E-state index in [0.29, 0.717) is 6.61 Å². The Balaban J connectivity index is 1.91. The minimum Gasteiger partial charge on any atom is -0.488 e. The van der Waals surface area contributed by atoms with E-state index in [1.54, 1.807) is 14.2 Å². The van der Waals surface area contributed by atoms with Gasteiger partial charge in [-0.2, -0.15) is 0 Å². The van der Waals surface area contributed by atoms with Gasteiger partial charge < -0.3 is 18.9 Å². The third kappa shape index (κ3) is 4.77. The summed E-state index contributed by atoms with van der Waals surface area (Å²) in [6, 6.07) is 15.4. The van der Waals surface area contributed by atoms with Crippen molar-refractivity contribution in [3.05, 3.63) is 54.1 Å². The van der Waals surface area contributed by atoms with Gasteiger partial charge in [0.25, 0.3) is 0 Å². The summed E-state index contributed by atoms with van der Waals surface area (Å²) in [7, 11) is 3.16. The van der Waals surface area contributed by atoms with E-state index < -0.39 is 0 Å². The minimum atomic E-state index is -0.367. The van der Waals surface area contributed by atoms with Gasteiger partial charge in [-0.15, -0.1) is 0 Å². The fourth-order valence-electron chi connectivity index (χ4n) is 1.74. The molecule has 112 valence electrons. The average Bonchev–Trinajstić information content (AvgIpc) is 2.52. The third-order valence-electron chi connectivity index (χ3n) is 2.99. The molecule has 21 heavy (non-hydrogen) atoms. The summed E-state index contributed by atoms with van der Waals surface area (Å²) in [4.78, 5) is 0. The van der Waals surface area contributed by atoms with E-state index in [1.807, 2.05) is 55.5 Å². The van der Waals surface area contributed by atoms with Crippen LogP contribution in [0.3, 0.4) is 0 Å². The molecule has 0 N–H and O–H groups in total. The Morgan fingerprint density at radius 3 is 1.76 bits per heavy atom. The minimum absolute atomic E-state index is 0.338. The number of hydrogen-bond donors (Lipinski definition) is 0. The number of benzene rings is 2. The molecule has 0 spiro atoms. The third-order valence-corrected chi connectivity index (χ3v) is 2.99. The Hall–Kier alpha value is -2.04. The molecule has 0 amide bonds. The van der Waals surface area contributed by atoms with Gasteiger partial charge in [0.2, 0.25) is 0 Å². The van der Waals surface area contributed by atoms with Crippen molar-refractivity contribution in [1.82, 2.24) is 0 Å². The normalized spacial score (nSPS) is 10.7. The lowest BCUT2D eigenvalue weighted by atomic mass is 10.2. The molecule has 0 saturated carbocycles. The van der Waals surface area contributed by atoms with Gasteiger partial charge in [0.1, 0.15) is 23.9 Å². The molecule has 0 atom stereocenters. The summed E-state index contributed by atoms with van der Waals surface area (Å²) in [6.45, 7) is 2.38. The maximum Gasteiger partial charge on any atom is 0.191 e. The van der Waals surface area contributed by atoms with Crippen molar-refractivity contribution < 1.29 is 18.9 Å². The highest BCUT2D eigenvalue weighted by Crippen LogP contribution is 2.24. The fraction of sp³-hybridized carbons (Fsp3) is 0.294. The SMILES string of the molecule is COC(COc1ccc(Oc2ccc(C)cc2)cc1)OC. The maximum absolute atomic E-state index is 5.75. The van der Waals surface area contributed by atoms with Crippen LogP contribution < -0.4 is 9.47 Å². The van der Waals surface area contributed by atoms with Crippen LogP contribution in [0.1, 0.15) is 5.56 Å². The molecule has 0 aromatic heterocycles. The van der Waals surface area contributed by atoms with Crippen LogP contribution in [0.4, 0.5) is 0 Å². The highest BCUT2D eigenvalue weighted by molar-refractivity contribution is 5.36. The summed E-state index contributed by atoms with van der Waals surface area (Å²) < 4.78 is 21.4. The molecule has 2 rings (SSSR count). The second-order valence-electron chi connectivity index (χ2n) is 4.60. The molecule has 0 aliphatic carbocycles. The zero-order valence-corrected chi connectivity index (χ0v) is 12.5. The second kappa shape index (κ2) is 7.67. The van der Waals surface area contributed by atoms with Crippen molar-refractivity contribution in [2.45, 2.75) is 13.2 Å². The van der Waals surface area contributed by atoms with Gasteiger partial charge in [-0.3, -0.25) is 0 Å². The van der Waals surface area contributed by atoms with E-state index >= 15 is 0 Å². The molecule has 0 aliphatic rings. The van der Waals surface area contributed by atoms with Gasteiger partial charge >= 0.3 is 0 Å². The highest BCUT2D eigenvalue weighted by Gasteiger charge is 2.06. The Bertz CT molecular complexity index is 530. The van der Waals surface area contributed by atoms with E-state index in [-0.39, 0.29) is 6.29 Å². The van der Waals surface area contributed by atoms with Crippen LogP contribution in [-0.2, 0) is 9.47 Å². The molecule has 0 fully saturated rings. The first kappa shape index (κ1) is 15.4. The Morgan fingerprint density at radius 1 is 0.762 bits per heavy atom. The molecule has 0 saturated heterocycles. The smallest absolute Gasteiger partial charge is 0.191 e. The summed E-state index contributed by atoms with van der Waals surface area (Å²) in [6.07, 6.45) is -0.367. The molecule has 0 bridgehead atoms. The lowest BCUT2D eigenvalue weighted by molar-refractivity contribution is -0.121. The largest absolute Gasteiger partial charge is 0.488 e. The lowest BCUT2D eigenvalue weighted by Gasteiger charge is -2.14. The van der Waals surface area contributed by atoms with E-state index in [2.05, 4.69) is 0 Å². The molecule has 0 heterocycles. The van der Waals surface area contributed by atoms with Gasteiger partial charge in [0.05, 0.1) is 0 Å². The Morgan fingerprint density at radius 2 is 1.24 bits per heavy atom. The predicted octanol–water partition coefficient (Wildman–Crippen LogP) is 3.79. The van der Waals surface area contributed by atoms with Gasteiger partial charge in [-0.25, -0.2) is 0 Å². The Labute approximate surface area is 125 Å². The first-order chi connectivity index (χ1) is 10.2. The summed E-state index contributed by atoms with van der Waals surface area (Å²) in [5.41, 5.74) is 1.21. The van der Waals surface area contributed by atoms with E-state index in [4.69, 9.17) is 18.9 Å². The zero-order chi connectivity index (χ0) is 15.1.